The van der Waals surface area contributed by atoms with E-state index in [0.29, 0.717) is 30.0 Å². The van der Waals surface area contributed by atoms with Crippen LogP contribution in [-0.4, -0.2) is 33.2 Å². The van der Waals surface area contributed by atoms with Crippen LogP contribution in [0.5, 0.6) is 0 Å². The van der Waals surface area contributed by atoms with Crippen LogP contribution in [0.2, 0.25) is 10.0 Å². The molecule has 1 amide bonds. The molecular weight excluding hydrogens is 518 g/mol. The normalized spacial score (nSPS) is 11.3. The Balaban J connectivity index is 1.60. The quantitative estimate of drug-likeness (QED) is 0.313. The Morgan fingerprint density at radius 1 is 0.971 bits per heavy atom. The van der Waals surface area contributed by atoms with E-state index in [0.717, 1.165) is 4.31 Å². The van der Waals surface area contributed by atoms with Gasteiger partial charge in [0.05, 0.1) is 20.6 Å². The highest BCUT2D eigenvalue weighted by Crippen LogP contribution is 2.30. The second-order valence-corrected chi connectivity index (χ2v) is 11.1. The van der Waals surface area contributed by atoms with Gasteiger partial charge in [-0.05, 0) is 54.1 Å². The van der Waals surface area contributed by atoms with Crippen LogP contribution in [0.3, 0.4) is 0 Å². The molecule has 0 atom stereocenters. The molecule has 0 heterocycles. The summed E-state index contributed by atoms with van der Waals surface area (Å²) in [5, 5.41) is 3.21. The van der Waals surface area contributed by atoms with Crippen molar-refractivity contribution in [1.82, 2.24) is 5.32 Å². The lowest BCUT2D eigenvalue weighted by Gasteiger charge is -2.24. The monoisotopic (exact) mass is 540 g/mol. The number of rotatable bonds is 11. The van der Waals surface area contributed by atoms with Gasteiger partial charge in [-0.25, -0.2) is 12.8 Å². The molecule has 0 spiro atoms. The summed E-state index contributed by atoms with van der Waals surface area (Å²) < 4.78 is 41.2. The third-order valence-corrected chi connectivity index (χ3v) is 8.43. The highest BCUT2D eigenvalue weighted by atomic mass is 35.5. The van der Waals surface area contributed by atoms with E-state index < -0.39 is 22.5 Å². The number of hydrogen-bond acceptors (Lipinski definition) is 4. The van der Waals surface area contributed by atoms with Crippen molar-refractivity contribution in [2.75, 3.05) is 23.1 Å². The van der Waals surface area contributed by atoms with E-state index in [9.17, 15) is 17.6 Å². The molecular formula is C24H23Cl2FN2O3S2. The van der Waals surface area contributed by atoms with Crippen molar-refractivity contribution >= 4 is 56.6 Å². The molecule has 1 N–H and O–H groups in total. The first-order chi connectivity index (χ1) is 16.3. The Hall–Kier alpha value is -2.26. The van der Waals surface area contributed by atoms with Crippen LogP contribution in [0.4, 0.5) is 10.1 Å². The predicted molar refractivity (Wildman–Crippen MR) is 138 cm³/mol. The molecule has 3 aromatic rings. The summed E-state index contributed by atoms with van der Waals surface area (Å²) in [4.78, 5) is 12.7. The van der Waals surface area contributed by atoms with Crippen molar-refractivity contribution in [2.24, 2.45) is 0 Å². The van der Waals surface area contributed by atoms with E-state index >= 15 is 0 Å². The summed E-state index contributed by atoms with van der Waals surface area (Å²) in [5.41, 5.74) is 0.869. The van der Waals surface area contributed by atoms with Gasteiger partial charge in [-0.2, -0.15) is 11.8 Å². The lowest BCUT2D eigenvalue weighted by molar-refractivity contribution is -0.119. The van der Waals surface area contributed by atoms with E-state index in [4.69, 9.17) is 23.2 Å². The van der Waals surface area contributed by atoms with Gasteiger partial charge in [0.1, 0.15) is 12.4 Å². The van der Waals surface area contributed by atoms with Crippen molar-refractivity contribution in [1.29, 1.82) is 0 Å². The molecule has 0 fully saturated rings. The first-order valence-corrected chi connectivity index (χ1v) is 13.7. The lowest BCUT2D eigenvalue weighted by Crippen LogP contribution is -2.41. The first kappa shape index (κ1) is 26.3. The number of anilines is 1. The van der Waals surface area contributed by atoms with Crippen LogP contribution < -0.4 is 9.62 Å². The van der Waals surface area contributed by atoms with Gasteiger partial charge in [0, 0.05) is 12.3 Å². The van der Waals surface area contributed by atoms with Crippen LogP contribution in [0.25, 0.3) is 0 Å². The van der Waals surface area contributed by atoms with Crippen LogP contribution in [-0.2, 0) is 20.6 Å². The van der Waals surface area contributed by atoms with Crippen molar-refractivity contribution in [2.45, 2.75) is 17.1 Å². The smallest absolute Gasteiger partial charge is 0.264 e. The molecule has 0 aliphatic carbocycles. The average Bonchev–Trinajstić information content (AvgIpc) is 2.83. The molecule has 0 unspecified atom stereocenters. The fraction of sp³-hybridized carbons (Fsp3) is 0.208. The number of thioether (sulfide) groups is 1. The summed E-state index contributed by atoms with van der Waals surface area (Å²) in [6.07, 6.45) is 0.656. The molecule has 34 heavy (non-hydrogen) atoms. The van der Waals surface area contributed by atoms with Crippen LogP contribution in [0.15, 0.2) is 77.7 Å². The molecule has 0 aliphatic heterocycles. The molecule has 0 aliphatic rings. The fourth-order valence-corrected chi connectivity index (χ4v) is 5.73. The van der Waals surface area contributed by atoms with Crippen molar-refractivity contribution < 1.29 is 17.6 Å². The Morgan fingerprint density at radius 3 is 2.38 bits per heavy atom. The van der Waals surface area contributed by atoms with Gasteiger partial charge in [0.2, 0.25) is 5.91 Å². The highest BCUT2D eigenvalue weighted by molar-refractivity contribution is 7.98. The minimum atomic E-state index is -4.02. The standard InChI is InChI=1S/C24H23Cl2FN2O3S2/c25-21-12-11-19(15-22(21)26)29(34(31,32)20-8-2-1-3-9-20)16-24(30)28-13-6-14-33-17-18-7-4-5-10-23(18)27/h1-5,7-12,15H,6,13-14,16-17H2,(H,28,30). The molecule has 0 saturated carbocycles. The molecule has 3 rings (SSSR count). The van der Waals surface area contributed by atoms with E-state index in [1.807, 2.05) is 0 Å². The Kier molecular flexibility index (Phi) is 9.64. The minimum Gasteiger partial charge on any atom is -0.354 e. The molecule has 5 nitrogen and oxygen atoms in total. The van der Waals surface area contributed by atoms with E-state index in [2.05, 4.69) is 5.32 Å². The van der Waals surface area contributed by atoms with Crippen molar-refractivity contribution in [3.05, 3.63) is 94.2 Å². The molecule has 0 bridgehead atoms. The highest BCUT2D eigenvalue weighted by Gasteiger charge is 2.27. The van der Waals surface area contributed by atoms with Gasteiger partial charge >= 0.3 is 0 Å². The Morgan fingerprint density at radius 2 is 1.68 bits per heavy atom. The maximum atomic E-state index is 13.7. The number of halogens is 3. The van der Waals surface area contributed by atoms with Crippen LogP contribution in [0, 0.1) is 5.82 Å². The van der Waals surface area contributed by atoms with E-state index in [-0.39, 0.29) is 26.4 Å². The summed E-state index contributed by atoms with van der Waals surface area (Å²) >= 11 is 13.6. The first-order valence-electron chi connectivity index (χ1n) is 10.4. The number of nitrogens with one attached hydrogen (secondary N) is 1. The Labute approximate surface area is 213 Å². The van der Waals surface area contributed by atoms with Crippen LogP contribution in [0.1, 0.15) is 12.0 Å². The van der Waals surface area contributed by atoms with Gasteiger partial charge < -0.3 is 5.32 Å². The lowest BCUT2D eigenvalue weighted by atomic mass is 10.2. The van der Waals surface area contributed by atoms with Gasteiger partial charge in [-0.15, -0.1) is 0 Å². The summed E-state index contributed by atoms with van der Waals surface area (Å²) in [6, 6.07) is 18.9. The van der Waals surface area contributed by atoms with Crippen LogP contribution >= 0.6 is 35.0 Å². The van der Waals surface area contributed by atoms with Gasteiger partial charge in [-0.1, -0.05) is 59.6 Å². The zero-order chi connectivity index (χ0) is 24.6. The summed E-state index contributed by atoms with van der Waals surface area (Å²) in [5.74, 6) is 0.573. The molecule has 10 heteroatoms. The molecule has 180 valence electrons. The van der Waals surface area contributed by atoms with E-state index in [1.165, 1.54) is 36.4 Å². The number of hydrogen-bond donors (Lipinski definition) is 1. The third kappa shape index (κ3) is 7.12. The summed E-state index contributed by atoms with van der Waals surface area (Å²) in [7, 11) is -4.02. The topological polar surface area (TPSA) is 66.5 Å². The molecule has 3 aromatic carbocycles. The number of sulfonamides is 1. The third-order valence-electron chi connectivity index (χ3n) is 4.81. The largest absolute Gasteiger partial charge is 0.354 e. The average molecular weight is 541 g/mol. The second kappa shape index (κ2) is 12.4. The van der Waals surface area contributed by atoms with Gasteiger partial charge in [0.25, 0.3) is 10.0 Å². The molecule has 0 saturated heterocycles. The van der Waals surface area contributed by atoms with Crippen molar-refractivity contribution in [3.8, 4) is 0 Å². The molecule has 0 radical (unpaired) electrons. The predicted octanol–water partition coefficient (Wildman–Crippen LogP) is 5.77. The molecule has 0 aromatic heterocycles. The fourth-order valence-electron chi connectivity index (χ4n) is 3.06. The number of amides is 1. The van der Waals surface area contributed by atoms with Gasteiger partial charge in [-0.3, -0.25) is 9.10 Å². The van der Waals surface area contributed by atoms with Crippen molar-refractivity contribution in [3.63, 3.8) is 0 Å². The number of benzene rings is 3. The second-order valence-electron chi connectivity index (χ2n) is 7.27. The van der Waals surface area contributed by atoms with Gasteiger partial charge in [0.15, 0.2) is 0 Å². The maximum absolute atomic E-state index is 13.7. The van der Waals surface area contributed by atoms with E-state index in [1.54, 1.807) is 48.2 Å². The number of carbonyl (C=O) groups excluding carboxylic acids is 1. The Bertz CT molecular complexity index is 1230. The zero-order valence-electron chi connectivity index (χ0n) is 18.1. The summed E-state index contributed by atoms with van der Waals surface area (Å²) in [6.45, 7) is -0.0543. The number of nitrogens with zero attached hydrogens (tertiary/aromatic N) is 1. The zero-order valence-corrected chi connectivity index (χ0v) is 21.2. The SMILES string of the molecule is O=C(CN(c1ccc(Cl)c(Cl)c1)S(=O)(=O)c1ccccc1)NCCCSCc1ccccc1F. The maximum Gasteiger partial charge on any atom is 0.264 e. The minimum absolute atomic E-state index is 0.0541. The number of carbonyl (C=O) groups is 1.